The highest BCUT2D eigenvalue weighted by molar-refractivity contribution is 5.77. The zero-order valence-electron chi connectivity index (χ0n) is 14.4. The van der Waals surface area contributed by atoms with E-state index in [4.69, 9.17) is 9.47 Å². The van der Waals surface area contributed by atoms with Gasteiger partial charge in [-0.2, -0.15) is 0 Å². The molecule has 0 bridgehead atoms. The van der Waals surface area contributed by atoms with Gasteiger partial charge in [-0.1, -0.05) is 27.2 Å². The molecule has 3 nitrogen and oxygen atoms in total. The zero-order chi connectivity index (χ0) is 15.7. The lowest BCUT2D eigenvalue weighted by molar-refractivity contribution is -0.392. The van der Waals surface area contributed by atoms with Crippen molar-refractivity contribution in [2.75, 3.05) is 0 Å². The molecule has 7 unspecified atom stereocenters. The van der Waals surface area contributed by atoms with Gasteiger partial charge in [0.25, 0.3) is 0 Å². The molecular weight excluding hydrogens is 276 g/mol. The molecule has 1 heterocycles. The van der Waals surface area contributed by atoms with E-state index in [9.17, 15) is 4.79 Å². The van der Waals surface area contributed by atoms with E-state index in [1.165, 1.54) is 25.7 Å². The van der Waals surface area contributed by atoms with Crippen molar-refractivity contribution in [1.82, 2.24) is 0 Å². The van der Waals surface area contributed by atoms with E-state index >= 15 is 0 Å². The van der Waals surface area contributed by atoms with Crippen LogP contribution in [-0.2, 0) is 14.3 Å². The molecule has 1 aliphatic heterocycles. The third-order valence-corrected chi connectivity index (χ3v) is 7.24. The predicted octanol–water partition coefficient (Wildman–Crippen LogP) is 4.15. The molecule has 3 saturated carbocycles. The third kappa shape index (κ3) is 1.81. The molecule has 124 valence electrons. The molecule has 4 fully saturated rings. The minimum Gasteiger partial charge on any atom is -0.432 e. The van der Waals surface area contributed by atoms with Gasteiger partial charge in [0.05, 0.1) is 11.5 Å². The maximum atomic E-state index is 12.8. The van der Waals surface area contributed by atoms with Crippen molar-refractivity contribution in [3.8, 4) is 0 Å². The molecule has 1 spiro atoms. The van der Waals surface area contributed by atoms with Gasteiger partial charge in [0, 0.05) is 12.3 Å². The van der Waals surface area contributed by atoms with Crippen molar-refractivity contribution >= 4 is 5.97 Å². The topological polar surface area (TPSA) is 35.5 Å². The maximum Gasteiger partial charge on any atom is 0.314 e. The highest BCUT2D eigenvalue weighted by Crippen LogP contribution is 2.65. The number of esters is 1. The van der Waals surface area contributed by atoms with E-state index in [2.05, 4.69) is 27.7 Å². The fourth-order valence-corrected chi connectivity index (χ4v) is 6.31. The van der Waals surface area contributed by atoms with Gasteiger partial charge in [-0.15, -0.1) is 0 Å². The summed E-state index contributed by atoms with van der Waals surface area (Å²) in [6.07, 6.45) is 6.86. The largest absolute Gasteiger partial charge is 0.432 e. The van der Waals surface area contributed by atoms with Gasteiger partial charge < -0.3 is 9.47 Å². The summed E-state index contributed by atoms with van der Waals surface area (Å²) < 4.78 is 12.9. The Balaban J connectivity index is 1.69. The van der Waals surface area contributed by atoms with Crippen LogP contribution in [0.3, 0.4) is 0 Å². The minimum atomic E-state index is -0.651. The smallest absolute Gasteiger partial charge is 0.314 e. The average molecular weight is 306 g/mol. The van der Waals surface area contributed by atoms with Crippen molar-refractivity contribution in [2.24, 2.45) is 35.5 Å². The molecule has 1 saturated heterocycles. The summed E-state index contributed by atoms with van der Waals surface area (Å²) in [5.74, 6) is 1.88. The summed E-state index contributed by atoms with van der Waals surface area (Å²) in [4.78, 5) is 12.8. The van der Waals surface area contributed by atoms with Crippen LogP contribution in [0.5, 0.6) is 0 Å². The first kappa shape index (κ1) is 15.0. The van der Waals surface area contributed by atoms with Gasteiger partial charge in [-0.25, -0.2) is 0 Å². The number of hydrogen-bond acceptors (Lipinski definition) is 3. The third-order valence-electron chi connectivity index (χ3n) is 7.24. The lowest BCUT2D eigenvalue weighted by Gasteiger charge is -2.64. The highest BCUT2D eigenvalue weighted by Gasteiger charge is 2.71. The predicted molar refractivity (Wildman–Crippen MR) is 84.0 cm³/mol. The first-order valence-corrected chi connectivity index (χ1v) is 9.30. The summed E-state index contributed by atoms with van der Waals surface area (Å²) in [6.45, 7) is 8.95. The van der Waals surface area contributed by atoms with E-state index in [0.717, 1.165) is 12.8 Å². The number of carbonyl (C=O) groups excluding carboxylic acids is 1. The molecule has 0 radical (unpaired) electrons. The first-order chi connectivity index (χ1) is 10.4. The Morgan fingerprint density at radius 2 is 1.95 bits per heavy atom. The summed E-state index contributed by atoms with van der Waals surface area (Å²) in [7, 11) is 0. The molecule has 0 aromatic heterocycles. The Hall–Kier alpha value is -0.570. The van der Waals surface area contributed by atoms with Crippen LogP contribution in [0.25, 0.3) is 0 Å². The van der Waals surface area contributed by atoms with Crippen LogP contribution >= 0.6 is 0 Å². The fraction of sp³-hybridized carbons (Fsp3) is 0.947. The second-order valence-electron chi connectivity index (χ2n) is 8.93. The van der Waals surface area contributed by atoms with Crippen LogP contribution in [0.1, 0.15) is 66.2 Å². The molecule has 0 amide bonds. The molecule has 0 aromatic rings. The van der Waals surface area contributed by atoms with Crippen molar-refractivity contribution < 1.29 is 14.3 Å². The monoisotopic (exact) mass is 306 g/mol. The van der Waals surface area contributed by atoms with Gasteiger partial charge in [-0.3, -0.25) is 4.79 Å². The molecular formula is C19H30O3. The molecule has 3 aliphatic carbocycles. The first-order valence-electron chi connectivity index (χ1n) is 9.30. The van der Waals surface area contributed by atoms with Gasteiger partial charge >= 0.3 is 5.97 Å². The van der Waals surface area contributed by atoms with Crippen LogP contribution in [0, 0.1) is 35.5 Å². The quantitative estimate of drug-likeness (QED) is 0.683. The molecule has 3 heteroatoms. The van der Waals surface area contributed by atoms with Crippen LogP contribution in [0.2, 0.25) is 0 Å². The molecule has 4 rings (SSSR count). The number of fused-ring (bicyclic) bond motifs is 4. The molecule has 7 atom stereocenters. The zero-order valence-corrected chi connectivity index (χ0v) is 14.4. The van der Waals surface area contributed by atoms with E-state index in [1.807, 2.05) is 0 Å². The molecule has 0 N–H and O–H groups in total. The average Bonchev–Trinajstić information content (AvgIpc) is 2.82. The molecule has 4 aliphatic rings. The van der Waals surface area contributed by atoms with Crippen molar-refractivity contribution in [3.05, 3.63) is 0 Å². The Morgan fingerprint density at radius 3 is 2.68 bits per heavy atom. The lowest BCUT2D eigenvalue weighted by Crippen LogP contribution is -2.72. The van der Waals surface area contributed by atoms with E-state index in [1.54, 1.807) is 0 Å². The fourth-order valence-electron chi connectivity index (χ4n) is 6.31. The summed E-state index contributed by atoms with van der Waals surface area (Å²) in [5, 5.41) is 0. The van der Waals surface area contributed by atoms with Gasteiger partial charge in [0.1, 0.15) is 0 Å². The van der Waals surface area contributed by atoms with Crippen molar-refractivity contribution in [1.29, 1.82) is 0 Å². The van der Waals surface area contributed by atoms with Crippen LogP contribution in [0.15, 0.2) is 0 Å². The summed E-state index contributed by atoms with van der Waals surface area (Å²) in [5.41, 5.74) is -0.263. The van der Waals surface area contributed by atoms with E-state index < -0.39 is 5.79 Å². The molecule has 0 aromatic carbocycles. The minimum absolute atomic E-state index is 0.00401. The molecule has 22 heavy (non-hydrogen) atoms. The SMILES string of the molecule is CC1CCC(C(C)C)C2(C1)OC(=O)C1C3CCCC3C1(C)O2. The number of rotatable bonds is 1. The normalized spacial score (nSPS) is 53.9. The number of carbonyl (C=O) groups is 1. The maximum absolute atomic E-state index is 12.8. The van der Waals surface area contributed by atoms with Crippen LogP contribution < -0.4 is 0 Å². The highest BCUT2D eigenvalue weighted by atomic mass is 16.7. The van der Waals surface area contributed by atoms with Crippen LogP contribution in [0.4, 0.5) is 0 Å². The van der Waals surface area contributed by atoms with Gasteiger partial charge in [0.2, 0.25) is 5.79 Å². The standard InChI is InChI=1S/C19H30O3/c1-11(2)14-9-8-12(3)10-19(14)21-17(20)16-13-6-5-7-15(13)18(16,4)22-19/h11-16H,5-10H2,1-4H3. The van der Waals surface area contributed by atoms with Crippen LogP contribution in [-0.4, -0.2) is 17.4 Å². The Kier molecular flexibility index (Phi) is 3.21. The van der Waals surface area contributed by atoms with E-state index in [-0.39, 0.29) is 17.5 Å². The van der Waals surface area contributed by atoms with Crippen molar-refractivity contribution in [2.45, 2.75) is 77.6 Å². The Bertz CT molecular complexity index is 487. The lowest BCUT2D eigenvalue weighted by atomic mass is 9.54. The number of hydrogen-bond donors (Lipinski definition) is 0. The second-order valence-corrected chi connectivity index (χ2v) is 8.93. The number of ether oxygens (including phenoxy) is 2. The van der Waals surface area contributed by atoms with Crippen molar-refractivity contribution in [3.63, 3.8) is 0 Å². The second kappa shape index (κ2) is 4.72. The van der Waals surface area contributed by atoms with E-state index in [0.29, 0.717) is 29.6 Å². The summed E-state index contributed by atoms with van der Waals surface area (Å²) in [6, 6.07) is 0. The Morgan fingerprint density at radius 1 is 1.18 bits per heavy atom. The Labute approximate surface area is 134 Å². The summed E-state index contributed by atoms with van der Waals surface area (Å²) >= 11 is 0. The van der Waals surface area contributed by atoms with Gasteiger partial charge in [0.15, 0.2) is 0 Å². The van der Waals surface area contributed by atoms with Gasteiger partial charge in [-0.05, 0) is 56.3 Å².